The molecule has 0 saturated carbocycles. The first-order chi connectivity index (χ1) is 15.2. The van der Waals surface area contributed by atoms with Crippen LogP contribution in [0.3, 0.4) is 0 Å². The van der Waals surface area contributed by atoms with Crippen LogP contribution in [0.1, 0.15) is 29.3 Å². The SMILES string of the molecule is CCOc1cc(C(=O)N2CCC(Nc3ccccc3)C2)ccc1OCc1cccnc1. The molecule has 160 valence electrons. The van der Waals surface area contributed by atoms with Crippen LogP contribution in [0, 0.1) is 0 Å². The molecular weight excluding hydrogens is 390 g/mol. The van der Waals surface area contributed by atoms with Crippen molar-refractivity contribution in [2.45, 2.75) is 26.0 Å². The summed E-state index contributed by atoms with van der Waals surface area (Å²) < 4.78 is 11.7. The van der Waals surface area contributed by atoms with Gasteiger partial charge in [0.05, 0.1) is 6.61 Å². The Hall–Kier alpha value is -3.54. The van der Waals surface area contributed by atoms with E-state index in [0.29, 0.717) is 36.8 Å². The van der Waals surface area contributed by atoms with Crippen LogP contribution >= 0.6 is 0 Å². The first-order valence-corrected chi connectivity index (χ1v) is 10.6. The highest BCUT2D eigenvalue weighted by molar-refractivity contribution is 5.95. The number of para-hydroxylation sites is 1. The van der Waals surface area contributed by atoms with E-state index in [-0.39, 0.29) is 11.9 Å². The Balaban J connectivity index is 1.41. The Kier molecular flexibility index (Phi) is 6.67. The average Bonchev–Trinajstić information content (AvgIpc) is 3.28. The van der Waals surface area contributed by atoms with Crippen LogP contribution in [0.2, 0.25) is 0 Å². The molecule has 0 spiro atoms. The smallest absolute Gasteiger partial charge is 0.254 e. The van der Waals surface area contributed by atoms with E-state index >= 15 is 0 Å². The Morgan fingerprint density at radius 2 is 1.97 bits per heavy atom. The minimum Gasteiger partial charge on any atom is -0.490 e. The fourth-order valence-corrected chi connectivity index (χ4v) is 3.69. The highest BCUT2D eigenvalue weighted by Crippen LogP contribution is 2.30. The summed E-state index contributed by atoms with van der Waals surface area (Å²) in [5.41, 5.74) is 2.66. The van der Waals surface area contributed by atoms with Gasteiger partial charge in [0.2, 0.25) is 0 Å². The summed E-state index contributed by atoms with van der Waals surface area (Å²) in [6.07, 6.45) is 4.42. The van der Waals surface area contributed by atoms with E-state index in [1.165, 1.54) is 0 Å². The van der Waals surface area contributed by atoms with E-state index in [2.05, 4.69) is 10.3 Å². The molecule has 1 aromatic heterocycles. The van der Waals surface area contributed by atoms with E-state index in [1.807, 2.05) is 60.4 Å². The van der Waals surface area contributed by atoms with Crippen LogP contribution in [0.4, 0.5) is 5.69 Å². The second kappa shape index (κ2) is 9.98. The fraction of sp³-hybridized carbons (Fsp3) is 0.280. The van der Waals surface area contributed by atoms with Crippen molar-refractivity contribution in [1.82, 2.24) is 9.88 Å². The van der Waals surface area contributed by atoms with Crippen LogP contribution in [0.5, 0.6) is 11.5 Å². The third-order valence-electron chi connectivity index (χ3n) is 5.23. The van der Waals surface area contributed by atoms with Crippen LogP contribution in [0.15, 0.2) is 73.1 Å². The van der Waals surface area contributed by atoms with Gasteiger partial charge in [-0.15, -0.1) is 0 Å². The third-order valence-corrected chi connectivity index (χ3v) is 5.23. The molecule has 1 amide bonds. The minimum absolute atomic E-state index is 0.0112. The summed E-state index contributed by atoms with van der Waals surface area (Å²) in [6.45, 7) is 4.21. The van der Waals surface area contributed by atoms with Gasteiger partial charge in [-0.2, -0.15) is 0 Å². The summed E-state index contributed by atoms with van der Waals surface area (Å²) in [6, 6.07) is 19.6. The number of hydrogen-bond donors (Lipinski definition) is 1. The van der Waals surface area contributed by atoms with E-state index in [1.54, 1.807) is 24.5 Å². The summed E-state index contributed by atoms with van der Waals surface area (Å²) in [5, 5.41) is 3.51. The highest BCUT2D eigenvalue weighted by atomic mass is 16.5. The van der Waals surface area contributed by atoms with Gasteiger partial charge >= 0.3 is 0 Å². The maximum absolute atomic E-state index is 13.1. The lowest BCUT2D eigenvalue weighted by molar-refractivity contribution is 0.0791. The molecule has 1 aliphatic rings. The van der Waals surface area contributed by atoms with E-state index < -0.39 is 0 Å². The molecule has 2 heterocycles. The number of carbonyl (C=O) groups excluding carboxylic acids is 1. The van der Waals surface area contributed by atoms with Crippen molar-refractivity contribution < 1.29 is 14.3 Å². The van der Waals surface area contributed by atoms with Crippen molar-refractivity contribution in [3.8, 4) is 11.5 Å². The number of likely N-dealkylation sites (tertiary alicyclic amines) is 1. The number of hydrogen-bond acceptors (Lipinski definition) is 5. The van der Waals surface area contributed by atoms with Gasteiger partial charge in [0, 0.05) is 48.3 Å². The molecule has 3 aromatic rings. The zero-order chi connectivity index (χ0) is 21.5. The number of aromatic nitrogens is 1. The van der Waals surface area contributed by atoms with Crippen LogP contribution in [0.25, 0.3) is 0 Å². The van der Waals surface area contributed by atoms with E-state index in [4.69, 9.17) is 9.47 Å². The maximum Gasteiger partial charge on any atom is 0.254 e. The fourth-order valence-electron chi connectivity index (χ4n) is 3.69. The molecule has 6 heteroatoms. The number of nitrogens with one attached hydrogen (secondary N) is 1. The number of anilines is 1. The molecule has 1 aliphatic heterocycles. The quantitative estimate of drug-likeness (QED) is 0.589. The van der Waals surface area contributed by atoms with Gasteiger partial charge in [0.1, 0.15) is 6.61 Å². The number of amides is 1. The second-order valence-corrected chi connectivity index (χ2v) is 7.49. The van der Waals surface area contributed by atoms with Gasteiger partial charge < -0.3 is 19.7 Å². The molecule has 4 rings (SSSR count). The van der Waals surface area contributed by atoms with Crippen LogP contribution < -0.4 is 14.8 Å². The predicted octanol–water partition coefficient (Wildman–Crippen LogP) is 4.39. The van der Waals surface area contributed by atoms with Gasteiger partial charge in [0.25, 0.3) is 5.91 Å². The van der Waals surface area contributed by atoms with Crippen molar-refractivity contribution in [3.63, 3.8) is 0 Å². The summed E-state index contributed by atoms with van der Waals surface area (Å²) in [5.74, 6) is 1.21. The van der Waals surface area contributed by atoms with Crippen LogP contribution in [-0.4, -0.2) is 41.5 Å². The normalized spacial score (nSPS) is 15.5. The predicted molar refractivity (Wildman–Crippen MR) is 121 cm³/mol. The molecule has 1 saturated heterocycles. The number of nitrogens with zero attached hydrogens (tertiary/aromatic N) is 2. The summed E-state index contributed by atoms with van der Waals surface area (Å²) >= 11 is 0. The number of pyridine rings is 1. The molecule has 2 aromatic carbocycles. The minimum atomic E-state index is 0.0112. The first-order valence-electron chi connectivity index (χ1n) is 10.6. The van der Waals surface area contributed by atoms with Crippen molar-refractivity contribution in [2.24, 2.45) is 0 Å². The first kappa shape index (κ1) is 20.7. The Labute approximate surface area is 182 Å². The van der Waals surface area contributed by atoms with Crippen molar-refractivity contribution in [3.05, 3.63) is 84.2 Å². The van der Waals surface area contributed by atoms with Gasteiger partial charge in [-0.3, -0.25) is 9.78 Å². The zero-order valence-corrected chi connectivity index (χ0v) is 17.7. The number of benzene rings is 2. The third kappa shape index (κ3) is 5.34. The number of rotatable bonds is 8. The van der Waals surface area contributed by atoms with E-state index in [0.717, 1.165) is 24.2 Å². The lowest BCUT2D eigenvalue weighted by atomic mass is 10.1. The van der Waals surface area contributed by atoms with Gasteiger partial charge in [0.15, 0.2) is 11.5 Å². The number of carbonyl (C=O) groups is 1. The van der Waals surface area contributed by atoms with Crippen molar-refractivity contribution in [2.75, 3.05) is 25.0 Å². The molecule has 31 heavy (non-hydrogen) atoms. The molecule has 1 fully saturated rings. The number of ether oxygens (including phenoxy) is 2. The van der Waals surface area contributed by atoms with Gasteiger partial charge in [-0.05, 0) is 49.7 Å². The molecular formula is C25H27N3O3. The van der Waals surface area contributed by atoms with Gasteiger partial charge in [-0.1, -0.05) is 24.3 Å². The molecule has 0 bridgehead atoms. The molecule has 6 nitrogen and oxygen atoms in total. The average molecular weight is 418 g/mol. The Morgan fingerprint density at radius 3 is 2.74 bits per heavy atom. The molecule has 0 aliphatic carbocycles. The van der Waals surface area contributed by atoms with Gasteiger partial charge in [-0.25, -0.2) is 0 Å². The van der Waals surface area contributed by atoms with Crippen molar-refractivity contribution in [1.29, 1.82) is 0 Å². The lowest BCUT2D eigenvalue weighted by Gasteiger charge is -2.19. The van der Waals surface area contributed by atoms with Crippen LogP contribution in [-0.2, 0) is 6.61 Å². The molecule has 0 radical (unpaired) electrons. The lowest BCUT2D eigenvalue weighted by Crippen LogP contribution is -2.31. The molecule has 1 N–H and O–H groups in total. The molecule has 1 atom stereocenters. The standard InChI is InChI=1S/C25H27N3O3/c1-2-30-24-15-20(10-11-23(24)31-18-19-7-6-13-26-16-19)25(29)28-14-12-22(17-28)27-21-8-4-3-5-9-21/h3-11,13,15-16,22,27H,2,12,14,17-18H2,1H3. The Bertz CT molecular complexity index is 995. The molecule has 1 unspecified atom stereocenters. The summed E-state index contributed by atoms with van der Waals surface area (Å²) in [4.78, 5) is 19.1. The monoisotopic (exact) mass is 417 g/mol. The van der Waals surface area contributed by atoms with E-state index in [9.17, 15) is 4.79 Å². The summed E-state index contributed by atoms with van der Waals surface area (Å²) in [7, 11) is 0. The Morgan fingerprint density at radius 1 is 1.10 bits per heavy atom. The second-order valence-electron chi connectivity index (χ2n) is 7.49. The highest BCUT2D eigenvalue weighted by Gasteiger charge is 2.27. The maximum atomic E-state index is 13.1. The zero-order valence-electron chi connectivity index (χ0n) is 17.7. The topological polar surface area (TPSA) is 63.7 Å². The van der Waals surface area contributed by atoms with Crippen molar-refractivity contribution >= 4 is 11.6 Å². The largest absolute Gasteiger partial charge is 0.490 e.